The molecule has 0 atom stereocenters. The Morgan fingerprint density at radius 2 is 1.76 bits per heavy atom. The van der Waals surface area contributed by atoms with Crippen LogP contribution in [-0.2, 0) is 0 Å². The van der Waals surface area contributed by atoms with Crippen LogP contribution >= 0.6 is 11.6 Å². The van der Waals surface area contributed by atoms with Crippen LogP contribution in [0.4, 0.5) is 4.39 Å². The summed E-state index contributed by atoms with van der Waals surface area (Å²) in [7, 11) is 0. The molecule has 0 amide bonds. The summed E-state index contributed by atoms with van der Waals surface area (Å²) < 4.78 is 14.1. The number of H-pyrrole nitrogens is 1. The average molecular weight is 351 g/mol. The SMILES string of the molecule is O=Cc1ccc(-c2ccc3[nH]c(-c4c(F)cccc4Cl)nc3c2)cc1. The van der Waals surface area contributed by atoms with Gasteiger partial charge >= 0.3 is 0 Å². The molecule has 0 spiro atoms. The van der Waals surface area contributed by atoms with E-state index in [4.69, 9.17) is 11.6 Å². The molecule has 3 nitrogen and oxygen atoms in total. The number of hydrogen-bond donors (Lipinski definition) is 1. The standard InChI is InChI=1S/C20H12ClFN2O/c21-15-2-1-3-16(22)19(15)20-23-17-9-8-14(10-18(17)24-20)13-6-4-12(11-25)5-7-13/h1-11H,(H,23,24). The number of aromatic nitrogens is 2. The van der Waals surface area contributed by atoms with Gasteiger partial charge in [0.1, 0.15) is 17.9 Å². The molecule has 5 heteroatoms. The molecule has 4 aromatic rings. The first-order valence-electron chi connectivity index (χ1n) is 7.65. The number of rotatable bonds is 3. The van der Waals surface area contributed by atoms with Crippen molar-refractivity contribution in [3.63, 3.8) is 0 Å². The molecule has 3 aromatic carbocycles. The maximum absolute atomic E-state index is 14.1. The van der Waals surface area contributed by atoms with Gasteiger partial charge < -0.3 is 4.98 Å². The number of benzene rings is 3. The Hall–Kier alpha value is -2.98. The first-order valence-corrected chi connectivity index (χ1v) is 8.03. The van der Waals surface area contributed by atoms with Crippen molar-refractivity contribution in [2.24, 2.45) is 0 Å². The number of nitrogens with zero attached hydrogens (tertiary/aromatic N) is 1. The highest BCUT2D eigenvalue weighted by Crippen LogP contribution is 2.31. The fourth-order valence-corrected chi connectivity index (χ4v) is 3.03. The van der Waals surface area contributed by atoms with E-state index in [9.17, 15) is 9.18 Å². The van der Waals surface area contributed by atoms with E-state index in [0.29, 0.717) is 21.9 Å². The van der Waals surface area contributed by atoms with Crippen molar-refractivity contribution in [3.05, 3.63) is 77.1 Å². The third-order valence-corrected chi connectivity index (χ3v) is 4.38. The topological polar surface area (TPSA) is 45.8 Å². The summed E-state index contributed by atoms with van der Waals surface area (Å²) in [4.78, 5) is 18.4. The summed E-state index contributed by atoms with van der Waals surface area (Å²) in [6.45, 7) is 0. The smallest absolute Gasteiger partial charge is 0.150 e. The first kappa shape index (κ1) is 15.5. The Morgan fingerprint density at radius 3 is 2.48 bits per heavy atom. The Balaban J connectivity index is 1.80. The number of imidazole rings is 1. The van der Waals surface area contributed by atoms with Crippen molar-refractivity contribution in [3.8, 4) is 22.5 Å². The van der Waals surface area contributed by atoms with Gasteiger partial charge in [0.2, 0.25) is 0 Å². The predicted molar refractivity (Wildman–Crippen MR) is 97.3 cm³/mol. The van der Waals surface area contributed by atoms with Crippen LogP contribution in [0.5, 0.6) is 0 Å². The average Bonchev–Trinajstić information content (AvgIpc) is 3.04. The number of carbonyl (C=O) groups is 1. The van der Waals surface area contributed by atoms with E-state index in [2.05, 4.69) is 9.97 Å². The molecule has 0 unspecified atom stereocenters. The van der Waals surface area contributed by atoms with E-state index >= 15 is 0 Å². The molecule has 0 bridgehead atoms. The molecule has 0 aliphatic heterocycles. The van der Waals surface area contributed by atoms with Gasteiger partial charge in [-0.2, -0.15) is 0 Å². The van der Waals surface area contributed by atoms with Crippen molar-refractivity contribution in [1.29, 1.82) is 0 Å². The lowest BCUT2D eigenvalue weighted by molar-refractivity contribution is 0.112. The number of fused-ring (bicyclic) bond motifs is 1. The molecule has 1 N–H and O–H groups in total. The molecule has 0 saturated heterocycles. The molecule has 4 rings (SSSR count). The third kappa shape index (κ3) is 2.81. The quantitative estimate of drug-likeness (QED) is 0.496. The van der Waals surface area contributed by atoms with Crippen LogP contribution in [-0.4, -0.2) is 16.3 Å². The van der Waals surface area contributed by atoms with Crippen molar-refractivity contribution < 1.29 is 9.18 Å². The molecule has 122 valence electrons. The molecule has 0 radical (unpaired) electrons. The summed E-state index contributed by atoms with van der Waals surface area (Å²) in [5.41, 5.74) is 4.33. The number of hydrogen-bond acceptors (Lipinski definition) is 2. The Morgan fingerprint density at radius 1 is 1.00 bits per heavy atom. The maximum atomic E-state index is 14.1. The summed E-state index contributed by atoms with van der Waals surface area (Å²) in [6.07, 6.45) is 0.811. The molecule has 0 fully saturated rings. The van der Waals surface area contributed by atoms with E-state index in [1.165, 1.54) is 6.07 Å². The van der Waals surface area contributed by atoms with E-state index in [0.717, 1.165) is 22.9 Å². The van der Waals surface area contributed by atoms with Crippen LogP contribution in [0.25, 0.3) is 33.5 Å². The van der Waals surface area contributed by atoms with Crippen molar-refractivity contribution in [1.82, 2.24) is 9.97 Å². The Labute approximate surface area is 148 Å². The zero-order valence-electron chi connectivity index (χ0n) is 13.0. The van der Waals surface area contributed by atoms with E-state index < -0.39 is 5.82 Å². The molecule has 0 aliphatic rings. The minimum atomic E-state index is -0.420. The van der Waals surface area contributed by atoms with Crippen LogP contribution in [0.1, 0.15) is 10.4 Å². The Kier molecular flexibility index (Phi) is 3.82. The number of carbonyl (C=O) groups excluding carboxylic acids is 1. The second kappa shape index (κ2) is 6.15. The zero-order chi connectivity index (χ0) is 17.4. The normalized spacial score (nSPS) is 11.0. The molecule has 0 aliphatic carbocycles. The second-order valence-corrected chi connectivity index (χ2v) is 6.06. The Bertz CT molecular complexity index is 1070. The molecule has 25 heavy (non-hydrogen) atoms. The minimum absolute atomic E-state index is 0.261. The number of halogens is 2. The number of aromatic amines is 1. The maximum Gasteiger partial charge on any atom is 0.150 e. The zero-order valence-corrected chi connectivity index (χ0v) is 13.7. The van der Waals surface area contributed by atoms with Crippen molar-refractivity contribution in [2.45, 2.75) is 0 Å². The molecular weight excluding hydrogens is 339 g/mol. The number of aldehydes is 1. The van der Waals surface area contributed by atoms with Crippen LogP contribution in [0, 0.1) is 5.82 Å². The first-order chi connectivity index (χ1) is 12.2. The van der Waals surface area contributed by atoms with Gasteiger partial charge in [0.25, 0.3) is 0 Å². The molecule has 0 saturated carbocycles. The van der Waals surface area contributed by atoms with Gasteiger partial charge in [-0.3, -0.25) is 4.79 Å². The van der Waals surface area contributed by atoms with Gasteiger partial charge in [-0.1, -0.05) is 48.0 Å². The van der Waals surface area contributed by atoms with Crippen LogP contribution in [0.2, 0.25) is 5.02 Å². The van der Waals surface area contributed by atoms with E-state index in [-0.39, 0.29) is 5.56 Å². The van der Waals surface area contributed by atoms with Crippen LogP contribution in [0.15, 0.2) is 60.7 Å². The molecule has 1 aromatic heterocycles. The van der Waals surface area contributed by atoms with Crippen molar-refractivity contribution in [2.75, 3.05) is 0 Å². The predicted octanol–water partition coefficient (Wildman–Crippen LogP) is 5.50. The lowest BCUT2D eigenvalue weighted by Crippen LogP contribution is -1.87. The lowest BCUT2D eigenvalue weighted by atomic mass is 10.0. The van der Waals surface area contributed by atoms with Crippen molar-refractivity contribution >= 4 is 28.9 Å². The largest absolute Gasteiger partial charge is 0.338 e. The molecular formula is C20H12ClFN2O. The summed E-state index contributed by atoms with van der Waals surface area (Å²) in [5, 5.41) is 0.309. The number of nitrogens with one attached hydrogen (secondary N) is 1. The van der Waals surface area contributed by atoms with E-state index in [1.807, 2.05) is 30.3 Å². The van der Waals surface area contributed by atoms with E-state index in [1.54, 1.807) is 24.3 Å². The minimum Gasteiger partial charge on any atom is -0.338 e. The summed E-state index contributed by atoms with van der Waals surface area (Å²) in [5.74, 6) is -0.0252. The summed E-state index contributed by atoms with van der Waals surface area (Å²) >= 11 is 6.12. The van der Waals surface area contributed by atoms with Gasteiger partial charge in [0.05, 0.1) is 21.6 Å². The highest BCUT2D eigenvalue weighted by atomic mass is 35.5. The van der Waals surface area contributed by atoms with Gasteiger partial charge in [-0.15, -0.1) is 0 Å². The summed E-state index contributed by atoms with van der Waals surface area (Å²) in [6, 6.07) is 17.6. The van der Waals surface area contributed by atoms with Gasteiger partial charge in [0.15, 0.2) is 0 Å². The third-order valence-electron chi connectivity index (χ3n) is 4.06. The molecule has 1 heterocycles. The van der Waals surface area contributed by atoms with Crippen LogP contribution < -0.4 is 0 Å². The highest BCUT2D eigenvalue weighted by Gasteiger charge is 2.14. The van der Waals surface area contributed by atoms with Gasteiger partial charge in [0, 0.05) is 5.56 Å². The lowest BCUT2D eigenvalue weighted by Gasteiger charge is -2.01. The second-order valence-electron chi connectivity index (χ2n) is 5.65. The van der Waals surface area contributed by atoms with Gasteiger partial charge in [-0.05, 0) is 35.4 Å². The highest BCUT2D eigenvalue weighted by molar-refractivity contribution is 6.33. The monoisotopic (exact) mass is 350 g/mol. The van der Waals surface area contributed by atoms with Gasteiger partial charge in [-0.25, -0.2) is 9.37 Å². The fourth-order valence-electron chi connectivity index (χ4n) is 2.78. The van der Waals surface area contributed by atoms with Crippen LogP contribution in [0.3, 0.4) is 0 Å². The fraction of sp³-hybridized carbons (Fsp3) is 0.